The van der Waals surface area contributed by atoms with Crippen LogP contribution in [0.5, 0.6) is 11.5 Å². The van der Waals surface area contributed by atoms with Crippen molar-refractivity contribution >= 4 is 40.2 Å². The number of nitrogens with two attached hydrogens (primary N) is 1. The van der Waals surface area contributed by atoms with Crippen LogP contribution in [0.4, 0.5) is 5.82 Å². The minimum Gasteiger partial charge on any atom is -0.497 e. The Morgan fingerprint density at radius 1 is 1.08 bits per heavy atom. The van der Waals surface area contributed by atoms with Crippen LogP contribution in [0.25, 0.3) is 22.2 Å². The SMILES string of the molecule is COc1cc(OC)c(Cl)c(-c2cc3cnc(SC)nc3nc2N)c1. The molecule has 0 aliphatic rings. The Hall–Kier alpha value is -2.25. The van der Waals surface area contributed by atoms with Crippen LogP contribution in [0.2, 0.25) is 5.02 Å². The van der Waals surface area contributed by atoms with E-state index in [0.29, 0.717) is 44.3 Å². The molecule has 0 aliphatic heterocycles. The number of hydrogen-bond donors (Lipinski definition) is 1. The van der Waals surface area contributed by atoms with E-state index in [1.807, 2.05) is 12.3 Å². The molecule has 3 rings (SSSR count). The van der Waals surface area contributed by atoms with Gasteiger partial charge in [-0.2, -0.15) is 0 Å². The number of ether oxygens (including phenoxy) is 2. The number of pyridine rings is 1. The molecule has 124 valence electrons. The van der Waals surface area contributed by atoms with Crippen molar-refractivity contribution in [2.45, 2.75) is 5.16 Å². The maximum Gasteiger partial charge on any atom is 0.189 e. The van der Waals surface area contributed by atoms with E-state index in [9.17, 15) is 0 Å². The largest absolute Gasteiger partial charge is 0.497 e. The van der Waals surface area contributed by atoms with Crippen molar-refractivity contribution in [1.82, 2.24) is 15.0 Å². The summed E-state index contributed by atoms with van der Waals surface area (Å²) in [6, 6.07) is 5.37. The molecule has 0 unspecified atom stereocenters. The summed E-state index contributed by atoms with van der Waals surface area (Å²) in [5.41, 5.74) is 8.03. The molecule has 0 aliphatic carbocycles. The van der Waals surface area contributed by atoms with Gasteiger partial charge < -0.3 is 15.2 Å². The summed E-state index contributed by atoms with van der Waals surface area (Å²) >= 11 is 7.89. The minimum absolute atomic E-state index is 0.324. The number of thioether (sulfide) groups is 1. The van der Waals surface area contributed by atoms with E-state index in [1.54, 1.807) is 32.5 Å². The third kappa shape index (κ3) is 2.92. The molecule has 6 nitrogen and oxygen atoms in total. The average Bonchev–Trinajstić information content (AvgIpc) is 2.61. The first-order valence-corrected chi connectivity index (χ1v) is 8.56. The maximum atomic E-state index is 6.44. The van der Waals surface area contributed by atoms with Crippen LogP contribution < -0.4 is 15.2 Å². The summed E-state index contributed by atoms with van der Waals surface area (Å²) < 4.78 is 10.6. The highest BCUT2D eigenvalue weighted by molar-refractivity contribution is 7.98. The summed E-state index contributed by atoms with van der Waals surface area (Å²) in [6.45, 7) is 0. The van der Waals surface area contributed by atoms with E-state index in [1.165, 1.54) is 11.8 Å². The number of nitrogens with zero attached hydrogens (tertiary/aromatic N) is 3. The van der Waals surface area contributed by atoms with Gasteiger partial charge in [-0.15, -0.1) is 0 Å². The lowest BCUT2D eigenvalue weighted by Crippen LogP contribution is -1.99. The number of halogens is 1. The second-order valence-corrected chi connectivity index (χ2v) is 6.03. The Labute approximate surface area is 148 Å². The van der Waals surface area contributed by atoms with E-state index in [2.05, 4.69) is 15.0 Å². The summed E-state index contributed by atoms with van der Waals surface area (Å²) in [7, 11) is 3.12. The van der Waals surface area contributed by atoms with Gasteiger partial charge in [0.2, 0.25) is 0 Å². The number of benzene rings is 1. The first-order chi connectivity index (χ1) is 11.6. The Morgan fingerprint density at radius 3 is 2.54 bits per heavy atom. The van der Waals surface area contributed by atoms with Crippen LogP contribution in [0, 0.1) is 0 Å². The quantitative estimate of drug-likeness (QED) is 0.560. The van der Waals surface area contributed by atoms with Crippen LogP contribution in [-0.2, 0) is 0 Å². The van der Waals surface area contributed by atoms with Crippen molar-refractivity contribution in [1.29, 1.82) is 0 Å². The number of methoxy groups -OCH3 is 2. The van der Waals surface area contributed by atoms with E-state index in [-0.39, 0.29) is 0 Å². The molecule has 1 aromatic carbocycles. The molecule has 0 atom stereocenters. The molecule has 0 radical (unpaired) electrons. The molecule has 0 fully saturated rings. The Bertz CT molecular complexity index is 920. The molecule has 0 saturated carbocycles. The Morgan fingerprint density at radius 2 is 1.88 bits per heavy atom. The zero-order valence-electron chi connectivity index (χ0n) is 13.3. The molecule has 24 heavy (non-hydrogen) atoms. The lowest BCUT2D eigenvalue weighted by Gasteiger charge is -2.13. The molecule has 3 aromatic rings. The summed E-state index contributed by atoms with van der Waals surface area (Å²) in [4.78, 5) is 13.0. The highest BCUT2D eigenvalue weighted by Crippen LogP contribution is 2.41. The number of hydrogen-bond acceptors (Lipinski definition) is 7. The highest BCUT2D eigenvalue weighted by Gasteiger charge is 2.16. The van der Waals surface area contributed by atoms with Crippen molar-refractivity contribution < 1.29 is 9.47 Å². The highest BCUT2D eigenvalue weighted by atomic mass is 35.5. The third-order valence-corrected chi connectivity index (χ3v) is 4.47. The van der Waals surface area contributed by atoms with Crippen molar-refractivity contribution in [2.75, 3.05) is 26.2 Å². The average molecular weight is 363 g/mol. The van der Waals surface area contributed by atoms with Gasteiger partial charge in [-0.25, -0.2) is 15.0 Å². The molecule has 0 bridgehead atoms. The standard InChI is InChI=1S/C16H15ClN4O2S/c1-22-9-5-10(13(17)12(6-9)23-2)11-4-8-7-19-16(24-3)21-15(8)20-14(11)18/h4-7H,1-3H3,(H2,18,19,20,21). The minimum atomic E-state index is 0.324. The van der Waals surface area contributed by atoms with Gasteiger partial charge in [0.25, 0.3) is 0 Å². The monoisotopic (exact) mass is 362 g/mol. The molecule has 2 aromatic heterocycles. The van der Waals surface area contributed by atoms with E-state index >= 15 is 0 Å². The Balaban J connectivity index is 2.24. The van der Waals surface area contributed by atoms with Gasteiger partial charge in [0.1, 0.15) is 17.3 Å². The normalized spacial score (nSPS) is 10.8. The predicted octanol–water partition coefficient (Wildman–Crippen LogP) is 3.67. The van der Waals surface area contributed by atoms with Gasteiger partial charge in [0.05, 0.1) is 19.2 Å². The van der Waals surface area contributed by atoms with Crippen LogP contribution >= 0.6 is 23.4 Å². The number of fused-ring (bicyclic) bond motifs is 1. The fraction of sp³-hybridized carbons (Fsp3) is 0.188. The first-order valence-electron chi connectivity index (χ1n) is 6.96. The van der Waals surface area contributed by atoms with Crippen molar-refractivity contribution in [3.05, 3.63) is 29.4 Å². The van der Waals surface area contributed by atoms with Crippen LogP contribution in [0.15, 0.2) is 29.6 Å². The fourth-order valence-corrected chi connectivity index (χ4v) is 2.93. The molecule has 0 spiro atoms. The van der Waals surface area contributed by atoms with Gasteiger partial charge in [0, 0.05) is 28.8 Å². The fourth-order valence-electron chi connectivity index (χ4n) is 2.31. The smallest absolute Gasteiger partial charge is 0.189 e. The van der Waals surface area contributed by atoms with Crippen molar-refractivity contribution in [2.24, 2.45) is 0 Å². The number of rotatable bonds is 4. The van der Waals surface area contributed by atoms with Gasteiger partial charge in [0.15, 0.2) is 10.8 Å². The van der Waals surface area contributed by atoms with Gasteiger partial charge in [-0.05, 0) is 18.4 Å². The molecule has 2 N–H and O–H groups in total. The Kier molecular flexibility index (Phi) is 4.64. The maximum absolute atomic E-state index is 6.44. The molecular weight excluding hydrogens is 348 g/mol. The predicted molar refractivity (Wildman–Crippen MR) is 97.1 cm³/mol. The second-order valence-electron chi connectivity index (χ2n) is 4.88. The topological polar surface area (TPSA) is 83.2 Å². The van der Waals surface area contributed by atoms with Crippen molar-refractivity contribution in [3.8, 4) is 22.6 Å². The zero-order valence-corrected chi connectivity index (χ0v) is 14.9. The number of aromatic nitrogens is 3. The third-order valence-electron chi connectivity index (χ3n) is 3.52. The zero-order chi connectivity index (χ0) is 17.3. The number of anilines is 1. The summed E-state index contributed by atoms with van der Waals surface area (Å²) in [5.74, 6) is 1.43. The van der Waals surface area contributed by atoms with Gasteiger partial charge in [-0.3, -0.25) is 0 Å². The van der Waals surface area contributed by atoms with Gasteiger partial charge in [-0.1, -0.05) is 23.4 Å². The summed E-state index contributed by atoms with van der Waals surface area (Å²) in [5, 5.41) is 1.85. The van der Waals surface area contributed by atoms with Crippen LogP contribution in [-0.4, -0.2) is 35.4 Å². The van der Waals surface area contributed by atoms with E-state index in [4.69, 9.17) is 26.8 Å². The van der Waals surface area contributed by atoms with Crippen molar-refractivity contribution in [3.63, 3.8) is 0 Å². The first kappa shape index (κ1) is 16.6. The lowest BCUT2D eigenvalue weighted by atomic mass is 10.0. The van der Waals surface area contributed by atoms with Gasteiger partial charge >= 0.3 is 0 Å². The molecule has 2 heterocycles. The summed E-state index contributed by atoms with van der Waals surface area (Å²) in [6.07, 6.45) is 3.62. The van der Waals surface area contributed by atoms with E-state index < -0.39 is 0 Å². The van der Waals surface area contributed by atoms with Crippen LogP contribution in [0.1, 0.15) is 0 Å². The molecule has 0 saturated heterocycles. The molecule has 0 amide bonds. The second kappa shape index (κ2) is 6.70. The molecular formula is C16H15ClN4O2S. The molecule has 8 heteroatoms. The van der Waals surface area contributed by atoms with Crippen LogP contribution in [0.3, 0.4) is 0 Å². The number of nitrogen functional groups attached to an aromatic ring is 1. The van der Waals surface area contributed by atoms with E-state index in [0.717, 1.165) is 5.39 Å². The lowest BCUT2D eigenvalue weighted by molar-refractivity contribution is 0.395.